The molecule has 0 radical (unpaired) electrons. The maximum absolute atomic E-state index is 12.8. The molecule has 0 rings (SSSR count). The molecule has 0 aliphatic rings. The summed E-state index contributed by atoms with van der Waals surface area (Å²) in [6.45, 7) is 0.613. The van der Waals surface area contributed by atoms with E-state index < -0.39 is 42.7 Å². The molecule has 0 aromatic heterocycles. The fourth-order valence-electron chi connectivity index (χ4n) is 1.78. The van der Waals surface area contributed by atoms with Gasteiger partial charge in [0.25, 0.3) is 0 Å². The first-order chi connectivity index (χ1) is 12.3. The largest absolute Gasteiger partial charge is 0.455 e. The first-order valence-electron chi connectivity index (χ1n) is 8.23. The predicted octanol–water partition coefficient (Wildman–Crippen LogP) is 1.88. The Balaban J connectivity index is 4.43. The van der Waals surface area contributed by atoms with Crippen molar-refractivity contribution in [3.63, 3.8) is 0 Å². The lowest BCUT2D eigenvalue weighted by molar-refractivity contribution is -0.298. The lowest BCUT2D eigenvalue weighted by Gasteiger charge is -2.31. The van der Waals surface area contributed by atoms with Crippen LogP contribution in [0, 0.1) is 10.8 Å². The van der Waals surface area contributed by atoms with Gasteiger partial charge in [-0.1, -0.05) is 13.8 Å². The Morgan fingerprint density at radius 1 is 0.667 bits per heavy atom. The SMILES string of the molecule is COCCOCC(C)(CO)COCC(C)(CO)COCC(F)(F)C(F)(F)F. The summed E-state index contributed by atoms with van der Waals surface area (Å²) in [6, 6.07) is 0. The number of halogens is 5. The number of alkyl halides is 5. The van der Waals surface area contributed by atoms with Gasteiger partial charge in [0.15, 0.2) is 0 Å². The van der Waals surface area contributed by atoms with Gasteiger partial charge in [0, 0.05) is 17.9 Å². The summed E-state index contributed by atoms with van der Waals surface area (Å²) in [6.07, 6.45) is -5.70. The van der Waals surface area contributed by atoms with E-state index >= 15 is 0 Å². The van der Waals surface area contributed by atoms with E-state index in [0.29, 0.717) is 13.2 Å². The van der Waals surface area contributed by atoms with Crippen molar-refractivity contribution in [2.75, 3.05) is 66.6 Å². The number of hydrogen-bond donors (Lipinski definition) is 2. The Bertz CT molecular complexity index is 409. The molecular formula is C16H29F5O6. The first kappa shape index (κ1) is 26.4. The van der Waals surface area contributed by atoms with Crippen molar-refractivity contribution in [3.05, 3.63) is 0 Å². The molecule has 0 spiro atoms. The van der Waals surface area contributed by atoms with Crippen molar-refractivity contribution >= 4 is 0 Å². The molecular weight excluding hydrogens is 383 g/mol. The Hall–Kier alpha value is -0.590. The van der Waals surface area contributed by atoms with Crippen molar-refractivity contribution in [2.24, 2.45) is 10.8 Å². The molecule has 2 unspecified atom stereocenters. The number of methoxy groups -OCH3 is 1. The van der Waals surface area contributed by atoms with Crippen LogP contribution in [0.5, 0.6) is 0 Å². The van der Waals surface area contributed by atoms with Gasteiger partial charge in [-0.05, 0) is 0 Å². The van der Waals surface area contributed by atoms with Gasteiger partial charge in [-0.2, -0.15) is 22.0 Å². The van der Waals surface area contributed by atoms with E-state index in [9.17, 15) is 32.2 Å². The molecule has 2 N–H and O–H groups in total. The molecule has 164 valence electrons. The van der Waals surface area contributed by atoms with Crippen molar-refractivity contribution in [2.45, 2.75) is 25.9 Å². The van der Waals surface area contributed by atoms with E-state index in [1.807, 2.05) is 0 Å². The zero-order valence-electron chi connectivity index (χ0n) is 15.8. The van der Waals surface area contributed by atoms with Crippen LogP contribution in [-0.2, 0) is 18.9 Å². The lowest BCUT2D eigenvalue weighted by Crippen LogP contribution is -2.43. The van der Waals surface area contributed by atoms with E-state index in [0.717, 1.165) is 0 Å². The minimum atomic E-state index is -5.70. The molecule has 0 heterocycles. The van der Waals surface area contributed by atoms with Crippen molar-refractivity contribution in [1.82, 2.24) is 0 Å². The quantitative estimate of drug-likeness (QED) is 0.316. The highest BCUT2D eigenvalue weighted by Gasteiger charge is 2.57. The lowest BCUT2D eigenvalue weighted by atomic mass is 9.92. The van der Waals surface area contributed by atoms with E-state index in [-0.39, 0.29) is 26.4 Å². The number of aliphatic hydroxyl groups is 2. The Morgan fingerprint density at radius 3 is 1.44 bits per heavy atom. The molecule has 0 amide bonds. The zero-order valence-corrected chi connectivity index (χ0v) is 15.8. The molecule has 6 nitrogen and oxygen atoms in total. The molecule has 0 aliphatic carbocycles. The number of hydrogen-bond acceptors (Lipinski definition) is 6. The van der Waals surface area contributed by atoms with Crippen LogP contribution in [0.15, 0.2) is 0 Å². The second kappa shape index (κ2) is 11.4. The summed E-state index contributed by atoms with van der Waals surface area (Å²) in [5, 5.41) is 18.9. The maximum atomic E-state index is 12.8. The standard InChI is InChI=1S/C16H29F5O6/c1-13(6-22,8-25-5-4-24-3)9-26-10-14(2,7-23)11-27-12-15(17,18)16(19,20)21/h22-23H,4-12H2,1-3H3. The Kier molecular flexibility index (Phi) is 11.2. The molecule has 11 heteroatoms. The van der Waals surface area contributed by atoms with Crippen LogP contribution in [0.1, 0.15) is 13.8 Å². The topological polar surface area (TPSA) is 77.4 Å². The third-order valence-corrected chi connectivity index (χ3v) is 3.70. The highest BCUT2D eigenvalue weighted by molar-refractivity contribution is 4.78. The summed E-state index contributed by atoms with van der Waals surface area (Å²) in [5.41, 5.74) is -1.94. The van der Waals surface area contributed by atoms with E-state index in [1.165, 1.54) is 14.0 Å². The molecule has 0 aromatic rings. The smallest absolute Gasteiger partial charge is 0.396 e. The van der Waals surface area contributed by atoms with Crippen LogP contribution in [0.4, 0.5) is 22.0 Å². The molecule has 0 aromatic carbocycles. The third-order valence-electron chi connectivity index (χ3n) is 3.70. The van der Waals surface area contributed by atoms with E-state index in [1.54, 1.807) is 6.92 Å². The van der Waals surface area contributed by atoms with Crippen LogP contribution in [0.3, 0.4) is 0 Å². The van der Waals surface area contributed by atoms with Crippen molar-refractivity contribution in [3.8, 4) is 0 Å². The molecule has 0 aliphatic heterocycles. The zero-order chi connectivity index (χ0) is 21.2. The molecule has 0 saturated heterocycles. The van der Waals surface area contributed by atoms with Gasteiger partial charge in [0.2, 0.25) is 0 Å². The maximum Gasteiger partial charge on any atom is 0.455 e. The average molecular weight is 412 g/mol. The summed E-state index contributed by atoms with van der Waals surface area (Å²) in [7, 11) is 1.51. The number of ether oxygens (including phenoxy) is 4. The first-order valence-corrected chi connectivity index (χ1v) is 8.23. The minimum absolute atomic E-state index is 0.0186. The highest BCUT2D eigenvalue weighted by Crippen LogP contribution is 2.35. The monoisotopic (exact) mass is 412 g/mol. The van der Waals surface area contributed by atoms with Crippen molar-refractivity contribution < 1.29 is 51.1 Å². The van der Waals surface area contributed by atoms with Gasteiger partial charge in [-0.3, -0.25) is 0 Å². The number of aliphatic hydroxyl groups excluding tert-OH is 2. The van der Waals surface area contributed by atoms with Gasteiger partial charge < -0.3 is 29.2 Å². The third kappa shape index (κ3) is 9.95. The van der Waals surface area contributed by atoms with Gasteiger partial charge in [-0.15, -0.1) is 0 Å². The normalized spacial score (nSPS) is 17.6. The molecule has 0 saturated carbocycles. The fourth-order valence-corrected chi connectivity index (χ4v) is 1.78. The van der Waals surface area contributed by atoms with Crippen LogP contribution >= 0.6 is 0 Å². The van der Waals surface area contributed by atoms with Gasteiger partial charge in [0.05, 0.1) is 52.9 Å². The van der Waals surface area contributed by atoms with Crippen LogP contribution in [0.25, 0.3) is 0 Å². The Morgan fingerprint density at radius 2 is 1.07 bits per heavy atom. The summed E-state index contributed by atoms with van der Waals surface area (Å²) in [4.78, 5) is 0. The summed E-state index contributed by atoms with van der Waals surface area (Å²) >= 11 is 0. The average Bonchev–Trinajstić information content (AvgIpc) is 2.57. The summed E-state index contributed by atoms with van der Waals surface area (Å²) < 4.78 is 82.1. The minimum Gasteiger partial charge on any atom is -0.396 e. The Labute approximate surface area is 155 Å². The highest BCUT2D eigenvalue weighted by atomic mass is 19.4. The van der Waals surface area contributed by atoms with Crippen molar-refractivity contribution in [1.29, 1.82) is 0 Å². The predicted molar refractivity (Wildman–Crippen MR) is 85.7 cm³/mol. The fraction of sp³-hybridized carbons (Fsp3) is 1.00. The van der Waals surface area contributed by atoms with Crippen LogP contribution in [0.2, 0.25) is 0 Å². The number of rotatable bonds is 15. The molecule has 0 bridgehead atoms. The van der Waals surface area contributed by atoms with Gasteiger partial charge >= 0.3 is 12.1 Å². The van der Waals surface area contributed by atoms with Gasteiger partial charge in [0.1, 0.15) is 6.61 Å². The van der Waals surface area contributed by atoms with E-state index in [4.69, 9.17) is 14.2 Å². The molecule has 2 atom stereocenters. The molecule has 27 heavy (non-hydrogen) atoms. The van der Waals surface area contributed by atoms with Crippen LogP contribution in [-0.4, -0.2) is 88.9 Å². The van der Waals surface area contributed by atoms with Gasteiger partial charge in [-0.25, -0.2) is 0 Å². The van der Waals surface area contributed by atoms with E-state index in [2.05, 4.69) is 4.74 Å². The second-order valence-corrected chi connectivity index (χ2v) is 7.17. The molecule has 0 fully saturated rings. The second-order valence-electron chi connectivity index (χ2n) is 7.17. The summed E-state index contributed by atoms with van der Waals surface area (Å²) in [5.74, 6) is -4.97. The van der Waals surface area contributed by atoms with Crippen LogP contribution < -0.4 is 0 Å².